The topological polar surface area (TPSA) is 43.8 Å². The van der Waals surface area contributed by atoms with Gasteiger partial charge >= 0.3 is 6.18 Å². The summed E-state index contributed by atoms with van der Waals surface area (Å²) in [6, 6.07) is 4.44. The first-order chi connectivity index (χ1) is 7.37. The number of nitrogen functional groups attached to an aromatic ring is 1. The van der Waals surface area contributed by atoms with Gasteiger partial charge in [-0.15, -0.1) is 0 Å². The summed E-state index contributed by atoms with van der Waals surface area (Å²) in [5.41, 5.74) is 6.09. The second-order valence-corrected chi connectivity index (χ2v) is 3.74. The quantitative estimate of drug-likeness (QED) is 0.845. The van der Waals surface area contributed by atoms with Gasteiger partial charge in [-0.25, -0.2) is 4.98 Å². The van der Waals surface area contributed by atoms with Crippen molar-refractivity contribution < 1.29 is 13.2 Å². The van der Waals surface area contributed by atoms with Gasteiger partial charge in [-0.05, 0) is 18.2 Å². The molecule has 0 unspecified atom stereocenters. The van der Waals surface area contributed by atoms with Gasteiger partial charge in [0.25, 0.3) is 0 Å². The molecule has 2 rings (SSSR count). The van der Waals surface area contributed by atoms with Crippen LogP contribution in [0.25, 0.3) is 11.0 Å². The Bertz CT molecular complexity index is 533. The van der Waals surface area contributed by atoms with E-state index in [2.05, 4.69) is 4.98 Å². The molecule has 2 aromatic rings. The minimum atomic E-state index is -4.33. The van der Waals surface area contributed by atoms with E-state index in [-0.39, 0.29) is 5.95 Å². The number of anilines is 1. The summed E-state index contributed by atoms with van der Waals surface area (Å²) in [4.78, 5) is 3.81. The fourth-order valence-electron chi connectivity index (χ4n) is 1.47. The van der Waals surface area contributed by atoms with Gasteiger partial charge in [0.1, 0.15) is 6.54 Å². The number of imidazole rings is 1. The van der Waals surface area contributed by atoms with Gasteiger partial charge in [0.15, 0.2) is 0 Å². The minimum absolute atomic E-state index is 0.172. The maximum Gasteiger partial charge on any atom is 0.406 e. The first kappa shape index (κ1) is 11.1. The molecule has 1 heterocycles. The number of rotatable bonds is 1. The molecule has 1 aromatic heterocycles. The van der Waals surface area contributed by atoms with Crippen molar-refractivity contribution in [3.63, 3.8) is 0 Å². The molecular weight excluding hydrogens is 243 g/mol. The number of benzene rings is 1. The normalized spacial score (nSPS) is 12.2. The van der Waals surface area contributed by atoms with Gasteiger partial charge in [0.05, 0.1) is 11.0 Å². The maximum absolute atomic E-state index is 12.3. The number of nitrogens with zero attached hydrogens (tertiary/aromatic N) is 2. The third kappa shape index (κ3) is 2.06. The number of fused-ring (bicyclic) bond motifs is 1. The highest BCUT2D eigenvalue weighted by Crippen LogP contribution is 2.26. The van der Waals surface area contributed by atoms with Crippen LogP contribution in [0.1, 0.15) is 0 Å². The van der Waals surface area contributed by atoms with E-state index in [0.717, 1.165) is 4.57 Å². The Labute approximate surface area is 93.6 Å². The molecule has 0 saturated carbocycles. The van der Waals surface area contributed by atoms with Crippen LogP contribution in [-0.4, -0.2) is 15.7 Å². The van der Waals surface area contributed by atoms with Gasteiger partial charge in [-0.1, -0.05) is 11.6 Å². The Hall–Kier alpha value is -1.43. The number of hydrogen-bond donors (Lipinski definition) is 1. The molecule has 0 saturated heterocycles. The minimum Gasteiger partial charge on any atom is -0.369 e. The molecule has 0 spiro atoms. The van der Waals surface area contributed by atoms with Crippen LogP contribution < -0.4 is 5.73 Å². The molecule has 3 nitrogen and oxygen atoms in total. The van der Waals surface area contributed by atoms with Crippen molar-refractivity contribution in [1.82, 2.24) is 9.55 Å². The Morgan fingerprint density at radius 1 is 1.38 bits per heavy atom. The van der Waals surface area contributed by atoms with Crippen molar-refractivity contribution in [2.24, 2.45) is 0 Å². The zero-order valence-corrected chi connectivity index (χ0v) is 8.68. The smallest absolute Gasteiger partial charge is 0.369 e. The third-order valence-corrected chi connectivity index (χ3v) is 2.31. The SMILES string of the molecule is Nc1nc2cc(Cl)ccc2n1CC(F)(F)F. The average molecular weight is 250 g/mol. The van der Waals surface area contributed by atoms with Crippen molar-refractivity contribution in [3.05, 3.63) is 23.2 Å². The average Bonchev–Trinajstić information content (AvgIpc) is 2.40. The highest BCUT2D eigenvalue weighted by molar-refractivity contribution is 6.31. The van der Waals surface area contributed by atoms with Crippen LogP contribution in [0.3, 0.4) is 0 Å². The van der Waals surface area contributed by atoms with E-state index in [4.69, 9.17) is 17.3 Å². The molecule has 0 radical (unpaired) electrons. The van der Waals surface area contributed by atoms with Crippen LogP contribution in [0.4, 0.5) is 19.1 Å². The highest BCUT2D eigenvalue weighted by atomic mass is 35.5. The summed E-state index contributed by atoms with van der Waals surface area (Å²) in [5, 5.41) is 0.407. The molecule has 2 N–H and O–H groups in total. The summed E-state index contributed by atoms with van der Waals surface area (Å²) in [6.07, 6.45) is -4.33. The Morgan fingerprint density at radius 3 is 2.69 bits per heavy atom. The summed E-state index contributed by atoms with van der Waals surface area (Å²) in [6.45, 7) is -1.16. The van der Waals surface area contributed by atoms with E-state index >= 15 is 0 Å². The van der Waals surface area contributed by atoms with E-state index in [0.29, 0.717) is 16.1 Å². The summed E-state index contributed by atoms with van der Waals surface area (Å²) in [7, 11) is 0. The van der Waals surface area contributed by atoms with Gasteiger partial charge < -0.3 is 10.3 Å². The Balaban J connectivity index is 2.56. The Morgan fingerprint density at radius 2 is 2.06 bits per heavy atom. The zero-order valence-electron chi connectivity index (χ0n) is 7.92. The van der Waals surface area contributed by atoms with Crippen molar-refractivity contribution in [3.8, 4) is 0 Å². The van der Waals surface area contributed by atoms with Gasteiger partial charge in [0, 0.05) is 5.02 Å². The van der Waals surface area contributed by atoms with Gasteiger partial charge in [0.2, 0.25) is 5.95 Å². The van der Waals surface area contributed by atoms with Crippen LogP contribution in [0.2, 0.25) is 5.02 Å². The van der Waals surface area contributed by atoms with E-state index < -0.39 is 12.7 Å². The molecule has 0 fully saturated rings. The molecule has 86 valence electrons. The van der Waals surface area contributed by atoms with E-state index in [1.807, 2.05) is 0 Å². The van der Waals surface area contributed by atoms with Crippen LogP contribution in [0.15, 0.2) is 18.2 Å². The lowest BCUT2D eigenvalue weighted by molar-refractivity contribution is -0.139. The summed E-state index contributed by atoms with van der Waals surface area (Å²) in [5.74, 6) is -0.172. The lowest BCUT2D eigenvalue weighted by Crippen LogP contribution is -2.18. The standard InChI is InChI=1S/C9H7ClF3N3/c10-5-1-2-7-6(3-5)15-8(14)16(7)4-9(11,12)13/h1-3H,4H2,(H2,14,15). The first-order valence-electron chi connectivity index (χ1n) is 4.35. The monoisotopic (exact) mass is 249 g/mol. The van der Waals surface area contributed by atoms with Gasteiger partial charge in [-0.2, -0.15) is 13.2 Å². The Kier molecular flexibility index (Phi) is 2.46. The van der Waals surface area contributed by atoms with E-state index in [1.165, 1.54) is 18.2 Å². The third-order valence-electron chi connectivity index (χ3n) is 2.08. The molecule has 7 heteroatoms. The fraction of sp³-hybridized carbons (Fsp3) is 0.222. The maximum atomic E-state index is 12.3. The van der Waals surface area contributed by atoms with Crippen LogP contribution in [-0.2, 0) is 6.54 Å². The lowest BCUT2D eigenvalue weighted by atomic mass is 10.3. The van der Waals surface area contributed by atoms with Crippen molar-refractivity contribution >= 4 is 28.6 Å². The van der Waals surface area contributed by atoms with Crippen molar-refractivity contribution in [2.75, 3.05) is 5.73 Å². The van der Waals surface area contributed by atoms with Crippen LogP contribution in [0.5, 0.6) is 0 Å². The molecule has 0 aliphatic carbocycles. The van der Waals surface area contributed by atoms with Crippen LogP contribution >= 0.6 is 11.6 Å². The second kappa shape index (κ2) is 3.55. The number of alkyl halides is 3. The number of nitrogens with two attached hydrogens (primary N) is 1. The number of hydrogen-bond acceptors (Lipinski definition) is 2. The lowest BCUT2D eigenvalue weighted by Gasteiger charge is -2.09. The number of aromatic nitrogens is 2. The van der Waals surface area contributed by atoms with Crippen LogP contribution in [0, 0.1) is 0 Å². The highest BCUT2D eigenvalue weighted by Gasteiger charge is 2.29. The van der Waals surface area contributed by atoms with Crippen molar-refractivity contribution in [2.45, 2.75) is 12.7 Å². The van der Waals surface area contributed by atoms with Crippen molar-refractivity contribution in [1.29, 1.82) is 0 Å². The predicted molar refractivity (Wildman–Crippen MR) is 55.2 cm³/mol. The molecule has 0 amide bonds. The molecule has 0 aliphatic heterocycles. The summed E-state index contributed by atoms with van der Waals surface area (Å²) >= 11 is 5.70. The van der Waals surface area contributed by atoms with E-state index in [1.54, 1.807) is 0 Å². The molecule has 16 heavy (non-hydrogen) atoms. The molecule has 0 aliphatic rings. The summed E-state index contributed by atoms with van der Waals surface area (Å²) < 4.78 is 37.7. The largest absolute Gasteiger partial charge is 0.406 e. The molecular formula is C9H7ClF3N3. The second-order valence-electron chi connectivity index (χ2n) is 3.30. The molecule has 0 bridgehead atoms. The zero-order chi connectivity index (χ0) is 11.9. The number of halogens is 4. The fourth-order valence-corrected chi connectivity index (χ4v) is 1.63. The molecule has 0 atom stereocenters. The molecule has 1 aromatic carbocycles. The van der Waals surface area contributed by atoms with Gasteiger partial charge in [-0.3, -0.25) is 0 Å². The van der Waals surface area contributed by atoms with E-state index in [9.17, 15) is 13.2 Å². The predicted octanol–water partition coefficient (Wildman–Crippen LogP) is 2.83. The first-order valence-corrected chi connectivity index (χ1v) is 4.72.